The number of cyclic esters (lactones) is 1. The summed E-state index contributed by atoms with van der Waals surface area (Å²) >= 11 is 0. The van der Waals surface area contributed by atoms with Gasteiger partial charge >= 0.3 is 12.2 Å². The van der Waals surface area contributed by atoms with Crippen molar-refractivity contribution < 1.29 is 23.9 Å². The van der Waals surface area contributed by atoms with Gasteiger partial charge < -0.3 is 20.1 Å². The molecule has 28 heavy (non-hydrogen) atoms. The Bertz CT molecular complexity index is 712. The second kappa shape index (κ2) is 8.95. The van der Waals surface area contributed by atoms with Crippen molar-refractivity contribution in [3.63, 3.8) is 0 Å². The van der Waals surface area contributed by atoms with Crippen LogP contribution in [0.25, 0.3) is 0 Å². The summed E-state index contributed by atoms with van der Waals surface area (Å²) in [6.07, 6.45) is -0.296. The first-order valence-electron chi connectivity index (χ1n) is 9.45. The predicted octanol–water partition coefficient (Wildman–Crippen LogP) is 3.52. The number of carbonyl (C=O) groups is 3. The van der Waals surface area contributed by atoms with Crippen LogP contribution in [0.4, 0.5) is 21.0 Å². The van der Waals surface area contributed by atoms with Gasteiger partial charge in [0.15, 0.2) is 0 Å². The zero-order valence-electron chi connectivity index (χ0n) is 17.1. The number of benzene rings is 1. The maximum Gasteiger partial charge on any atom is 0.414 e. The van der Waals surface area contributed by atoms with Gasteiger partial charge in [0.25, 0.3) is 0 Å². The van der Waals surface area contributed by atoms with E-state index in [1.165, 1.54) is 4.90 Å². The summed E-state index contributed by atoms with van der Waals surface area (Å²) in [5, 5.41) is 5.47. The van der Waals surface area contributed by atoms with Crippen LogP contribution >= 0.6 is 0 Å². The number of nitrogens with zero attached hydrogens (tertiary/aromatic N) is 1. The fourth-order valence-electron chi connectivity index (χ4n) is 2.71. The summed E-state index contributed by atoms with van der Waals surface area (Å²) in [4.78, 5) is 38.0. The molecule has 3 amide bonds. The van der Waals surface area contributed by atoms with Crippen molar-refractivity contribution in [3.05, 3.63) is 24.3 Å². The highest BCUT2D eigenvalue weighted by Gasteiger charge is 2.28. The molecule has 8 nitrogen and oxygen atoms in total. The van der Waals surface area contributed by atoms with Gasteiger partial charge in [-0.1, -0.05) is 20.3 Å². The fraction of sp³-hybridized carbons (Fsp3) is 0.550. The lowest BCUT2D eigenvalue weighted by Gasteiger charge is -2.26. The molecule has 0 bridgehead atoms. The maximum absolute atomic E-state index is 12.7. The van der Waals surface area contributed by atoms with Gasteiger partial charge in [-0.25, -0.2) is 9.59 Å². The van der Waals surface area contributed by atoms with Crippen LogP contribution in [0.15, 0.2) is 24.3 Å². The van der Waals surface area contributed by atoms with Crippen LogP contribution in [0.2, 0.25) is 0 Å². The monoisotopic (exact) mass is 391 g/mol. The van der Waals surface area contributed by atoms with Gasteiger partial charge in [-0.3, -0.25) is 9.69 Å². The Morgan fingerprint density at radius 3 is 2.39 bits per heavy atom. The van der Waals surface area contributed by atoms with Crippen LogP contribution in [0.3, 0.4) is 0 Å². The van der Waals surface area contributed by atoms with E-state index in [2.05, 4.69) is 10.6 Å². The van der Waals surface area contributed by atoms with E-state index in [1.54, 1.807) is 45.0 Å². The van der Waals surface area contributed by atoms with Gasteiger partial charge in [0.1, 0.15) is 18.2 Å². The molecular weight excluding hydrogens is 362 g/mol. The number of carbonyl (C=O) groups excluding carboxylic acids is 3. The largest absolute Gasteiger partial charge is 0.447 e. The first-order chi connectivity index (χ1) is 13.1. The molecule has 1 aromatic carbocycles. The van der Waals surface area contributed by atoms with Crippen LogP contribution in [0.1, 0.15) is 41.0 Å². The number of ether oxygens (including phenoxy) is 2. The number of nitrogens with one attached hydrogen (secondary N) is 2. The predicted molar refractivity (Wildman–Crippen MR) is 106 cm³/mol. The van der Waals surface area contributed by atoms with E-state index in [4.69, 9.17) is 9.47 Å². The Kier molecular flexibility index (Phi) is 6.88. The number of rotatable bonds is 6. The molecule has 1 aromatic rings. The molecule has 0 aromatic heterocycles. The van der Waals surface area contributed by atoms with Gasteiger partial charge in [0.2, 0.25) is 5.91 Å². The van der Waals surface area contributed by atoms with Crippen LogP contribution in [-0.2, 0) is 14.3 Å². The van der Waals surface area contributed by atoms with E-state index >= 15 is 0 Å². The molecule has 0 spiro atoms. The minimum Gasteiger partial charge on any atom is -0.447 e. The highest BCUT2D eigenvalue weighted by Crippen LogP contribution is 2.21. The van der Waals surface area contributed by atoms with Crippen molar-refractivity contribution in [1.82, 2.24) is 5.32 Å². The van der Waals surface area contributed by atoms with Crippen molar-refractivity contribution in [1.29, 1.82) is 0 Å². The summed E-state index contributed by atoms with van der Waals surface area (Å²) in [6.45, 7) is 10.0. The van der Waals surface area contributed by atoms with Gasteiger partial charge in [0, 0.05) is 11.4 Å². The summed E-state index contributed by atoms with van der Waals surface area (Å²) in [5.41, 5.74) is 0.624. The van der Waals surface area contributed by atoms with Crippen LogP contribution < -0.4 is 15.5 Å². The van der Waals surface area contributed by atoms with Crippen molar-refractivity contribution in [3.8, 4) is 0 Å². The third-order valence-electron chi connectivity index (χ3n) is 4.38. The zero-order valence-corrected chi connectivity index (χ0v) is 17.1. The number of hydrogen-bond acceptors (Lipinski definition) is 5. The van der Waals surface area contributed by atoms with E-state index in [-0.39, 0.29) is 17.9 Å². The minimum absolute atomic E-state index is 0.0776. The van der Waals surface area contributed by atoms with Gasteiger partial charge in [-0.2, -0.15) is 0 Å². The number of anilines is 2. The second-order valence-corrected chi connectivity index (χ2v) is 7.81. The van der Waals surface area contributed by atoms with Crippen molar-refractivity contribution in [2.24, 2.45) is 5.92 Å². The molecule has 8 heteroatoms. The zero-order chi connectivity index (χ0) is 20.9. The summed E-state index contributed by atoms with van der Waals surface area (Å²) in [5.74, 6) is -0.403. The Morgan fingerprint density at radius 1 is 1.25 bits per heavy atom. The Hall–Kier alpha value is -2.77. The molecular formula is C20H29N3O5. The Morgan fingerprint density at radius 2 is 1.89 bits per heavy atom. The molecule has 1 saturated heterocycles. The molecule has 2 N–H and O–H groups in total. The molecule has 154 valence electrons. The first kappa shape index (κ1) is 21.5. The number of hydrogen-bond donors (Lipinski definition) is 2. The first-order valence-corrected chi connectivity index (χ1v) is 9.45. The lowest BCUT2D eigenvalue weighted by Crippen LogP contribution is -2.49. The van der Waals surface area contributed by atoms with E-state index < -0.39 is 17.7 Å². The van der Waals surface area contributed by atoms with Crippen molar-refractivity contribution >= 4 is 29.5 Å². The molecule has 2 atom stereocenters. The maximum atomic E-state index is 12.7. The normalized spacial score (nSPS) is 16.2. The fourth-order valence-corrected chi connectivity index (χ4v) is 2.71. The SMILES string of the molecule is CCC(C)C(NC(=O)OC(C)(C)C)C(=O)Nc1ccc(N2CCOC2=O)cc1. The van der Waals surface area contributed by atoms with Crippen molar-refractivity contribution in [2.45, 2.75) is 52.7 Å². The second-order valence-electron chi connectivity index (χ2n) is 7.81. The van der Waals surface area contributed by atoms with E-state index in [0.717, 1.165) is 0 Å². The highest BCUT2D eigenvalue weighted by atomic mass is 16.6. The molecule has 1 heterocycles. The lowest BCUT2D eigenvalue weighted by atomic mass is 9.98. The van der Waals surface area contributed by atoms with E-state index in [9.17, 15) is 14.4 Å². The quantitative estimate of drug-likeness (QED) is 0.773. The highest BCUT2D eigenvalue weighted by molar-refractivity contribution is 5.97. The lowest BCUT2D eigenvalue weighted by molar-refractivity contribution is -0.119. The average molecular weight is 391 g/mol. The van der Waals surface area contributed by atoms with Crippen molar-refractivity contribution in [2.75, 3.05) is 23.4 Å². The third-order valence-corrected chi connectivity index (χ3v) is 4.38. The van der Waals surface area contributed by atoms with Crippen LogP contribution in [0.5, 0.6) is 0 Å². The van der Waals surface area contributed by atoms with Gasteiger partial charge in [-0.05, 0) is 51.0 Å². The molecule has 1 aliphatic heterocycles. The average Bonchev–Trinajstić information content (AvgIpc) is 3.04. The molecule has 2 unspecified atom stereocenters. The molecule has 0 radical (unpaired) electrons. The van der Waals surface area contributed by atoms with Gasteiger partial charge in [-0.15, -0.1) is 0 Å². The molecule has 0 saturated carbocycles. The summed E-state index contributed by atoms with van der Waals surface area (Å²) in [6, 6.07) is 6.16. The number of alkyl carbamates (subject to hydrolysis) is 1. The van der Waals surface area contributed by atoms with Gasteiger partial charge in [0.05, 0.1) is 6.54 Å². The molecule has 1 aliphatic rings. The third kappa shape index (κ3) is 5.87. The smallest absolute Gasteiger partial charge is 0.414 e. The van der Waals surface area contributed by atoms with Crippen LogP contribution in [-0.4, -0.2) is 42.9 Å². The summed E-state index contributed by atoms with van der Waals surface area (Å²) in [7, 11) is 0. The minimum atomic E-state index is -0.729. The Balaban J connectivity index is 2.04. The van der Waals surface area contributed by atoms with E-state index in [1.807, 2.05) is 13.8 Å². The van der Waals surface area contributed by atoms with Crippen LogP contribution in [0, 0.1) is 5.92 Å². The standard InChI is InChI=1S/C20H29N3O5/c1-6-13(2)16(22-18(25)28-20(3,4)5)17(24)21-14-7-9-15(10-8-14)23-11-12-27-19(23)26/h7-10,13,16H,6,11-12H2,1-5H3,(H,21,24)(H,22,25). The number of amides is 3. The Labute approximate surface area is 165 Å². The molecule has 2 rings (SSSR count). The molecule has 0 aliphatic carbocycles. The topological polar surface area (TPSA) is 97.0 Å². The molecule has 1 fully saturated rings. The summed E-state index contributed by atoms with van der Waals surface area (Å²) < 4.78 is 10.2. The van der Waals surface area contributed by atoms with E-state index in [0.29, 0.717) is 30.9 Å².